The molecule has 0 aliphatic rings. The molecule has 34 heavy (non-hydrogen) atoms. The average molecular weight is 475 g/mol. The zero-order chi connectivity index (χ0) is 24.4. The predicted molar refractivity (Wildman–Crippen MR) is 127 cm³/mol. The van der Waals surface area contributed by atoms with Crippen LogP contribution in [0.3, 0.4) is 0 Å². The maximum Gasteiger partial charge on any atom is 0.421 e. The molecule has 3 rings (SSSR count). The highest BCUT2D eigenvalue weighted by Gasteiger charge is 2.35. The Morgan fingerprint density at radius 1 is 0.882 bits per heavy atom. The zero-order valence-electron chi connectivity index (χ0n) is 19.3. The molecule has 0 atom stereocenters. The lowest BCUT2D eigenvalue weighted by atomic mass is 10.2. The first-order valence-corrected chi connectivity index (χ1v) is 11.3. The molecule has 0 radical (unpaired) electrons. The summed E-state index contributed by atoms with van der Waals surface area (Å²) in [5.41, 5.74) is 0.0230. The number of nitrogens with zero attached hydrogens (tertiary/aromatic N) is 2. The molecule has 0 fully saturated rings. The van der Waals surface area contributed by atoms with Gasteiger partial charge in [-0.2, -0.15) is 18.2 Å². The third kappa shape index (κ3) is 7.26. The number of anilines is 4. The van der Waals surface area contributed by atoms with Crippen LogP contribution in [0.4, 0.5) is 36.3 Å². The third-order valence-corrected chi connectivity index (χ3v) is 4.91. The fourth-order valence-electron chi connectivity index (χ4n) is 3.21. The molecule has 1 heterocycles. The minimum Gasteiger partial charge on any atom is -0.494 e. The van der Waals surface area contributed by atoms with Crippen LogP contribution in [0, 0.1) is 0 Å². The van der Waals surface area contributed by atoms with Gasteiger partial charge in [0, 0.05) is 11.9 Å². The van der Waals surface area contributed by atoms with Crippen LogP contribution in [0.5, 0.6) is 11.5 Å². The molecule has 1 aromatic heterocycles. The van der Waals surface area contributed by atoms with E-state index in [1.54, 1.807) is 55.5 Å². The second-order valence-electron chi connectivity index (χ2n) is 7.57. The van der Waals surface area contributed by atoms with E-state index in [0.717, 1.165) is 24.8 Å². The van der Waals surface area contributed by atoms with Gasteiger partial charge in [0.15, 0.2) is 0 Å². The number of alkyl halides is 3. The summed E-state index contributed by atoms with van der Waals surface area (Å²) in [7, 11) is 0. The largest absolute Gasteiger partial charge is 0.494 e. The molecule has 2 N–H and O–H groups in total. The van der Waals surface area contributed by atoms with Crippen LogP contribution in [0.2, 0.25) is 0 Å². The fourth-order valence-corrected chi connectivity index (χ4v) is 3.21. The number of halogens is 3. The molecule has 9 heteroatoms. The first kappa shape index (κ1) is 25.1. The number of benzene rings is 2. The standard InChI is InChI=1S/C25H29F3N4O2/c1-3-5-6-9-16-34-19-14-12-18(13-15-19)30-24-29-17-20(25(26,27)28)23(32-24)31-21-10-7-8-11-22(21)33-4-2/h7-8,10-15,17H,3-6,9,16H2,1-2H3,(H2,29,30,31,32). The SMILES string of the molecule is CCCCCCOc1ccc(Nc2ncc(C(F)(F)F)c(Nc3ccccc3OCC)n2)cc1. The summed E-state index contributed by atoms with van der Waals surface area (Å²) in [6, 6.07) is 13.9. The van der Waals surface area contributed by atoms with E-state index >= 15 is 0 Å². The Kier molecular flexibility index (Phi) is 8.95. The van der Waals surface area contributed by atoms with Gasteiger partial charge in [-0.25, -0.2) is 4.98 Å². The molecule has 0 saturated heterocycles. The van der Waals surface area contributed by atoms with Gasteiger partial charge in [0.05, 0.1) is 18.9 Å². The number of nitrogens with one attached hydrogen (secondary N) is 2. The van der Waals surface area contributed by atoms with Crippen molar-refractivity contribution in [1.82, 2.24) is 9.97 Å². The number of para-hydroxylation sites is 2. The Balaban J connectivity index is 1.75. The Hall–Kier alpha value is -3.49. The molecule has 0 unspecified atom stereocenters. The van der Waals surface area contributed by atoms with Crippen LogP contribution in [0.15, 0.2) is 54.7 Å². The van der Waals surface area contributed by atoms with Crippen LogP contribution in [0.1, 0.15) is 45.1 Å². The summed E-state index contributed by atoms with van der Waals surface area (Å²) < 4.78 is 52.0. The minimum atomic E-state index is -4.63. The number of hydrogen-bond acceptors (Lipinski definition) is 6. The van der Waals surface area contributed by atoms with E-state index in [4.69, 9.17) is 9.47 Å². The molecule has 0 spiro atoms. The number of hydrogen-bond donors (Lipinski definition) is 2. The van der Waals surface area contributed by atoms with Crippen LogP contribution < -0.4 is 20.1 Å². The number of rotatable bonds is 12. The minimum absolute atomic E-state index is 0.0256. The van der Waals surface area contributed by atoms with Gasteiger partial charge in [-0.05, 0) is 49.7 Å². The van der Waals surface area contributed by atoms with E-state index in [1.807, 2.05) is 0 Å². The Morgan fingerprint density at radius 3 is 2.35 bits per heavy atom. The van der Waals surface area contributed by atoms with Crippen molar-refractivity contribution in [3.63, 3.8) is 0 Å². The topological polar surface area (TPSA) is 68.3 Å². The van der Waals surface area contributed by atoms with Gasteiger partial charge in [-0.3, -0.25) is 0 Å². The molecule has 0 bridgehead atoms. The first-order chi connectivity index (χ1) is 16.4. The lowest BCUT2D eigenvalue weighted by molar-refractivity contribution is -0.137. The second kappa shape index (κ2) is 12.1. The monoisotopic (exact) mass is 474 g/mol. The molecular formula is C25H29F3N4O2. The van der Waals surface area contributed by atoms with E-state index in [1.165, 1.54) is 12.8 Å². The molecule has 3 aromatic rings. The van der Waals surface area contributed by atoms with Gasteiger partial charge in [-0.15, -0.1) is 0 Å². The first-order valence-electron chi connectivity index (χ1n) is 11.3. The van der Waals surface area contributed by atoms with Crippen LogP contribution in [0.25, 0.3) is 0 Å². The van der Waals surface area contributed by atoms with Gasteiger partial charge < -0.3 is 20.1 Å². The smallest absolute Gasteiger partial charge is 0.421 e. The quantitative estimate of drug-likeness (QED) is 0.268. The van der Waals surface area contributed by atoms with E-state index in [-0.39, 0.29) is 11.8 Å². The fraction of sp³-hybridized carbons (Fsp3) is 0.360. The summed E-state index contributed by atoms with van der Waals surface area (Å²) in [4.78, 5) is 7.95. The molecule has 0 aliphatic heterocycles. The van der Waals surface area contributed by atoms with Crippen molar-refractivity contribution in [2.75, 3.05) is 23.8 Å². The van der Waals surface area contributed by atoms with Crippen molar-refractivity contribution in [3.8, 4) is 11.5 Å². The molecule has 2 aromatic carbocycles. The summed E-state index contributed by atoms with van der Waals surface area (Å²) in [6.45, 7) is 4.98. The number of unbranched alkanes of at least 4 members (excludes halogenated alkanes) is 3. The van der Waals surface area contributed by atoms with E-state index in [0.29, 0.717) is 30.3 Å². The molecule has 6 nitrogen and oxygen atoms in total. The van der Waals surface area contributed by atoms with Crippen LogP contribution >= 0.6 is 0 Å². The Labute approximate surface area is 197 Å². The molecular weight excluding hydrogens is 445 g/mol. The van der Waals surface area contributed by atoms with Gasteiger partial charge in [0.25, 0.3) is 0 Å². The maximum absolute atomic E-state index is 13.6. The van der Waals surface area contributed by atoms with E-state index in [9.17, 15) is 13.2 Å². The Morgan fingerprint density at radius 2 is 1.65 bits per heavy atom. The highest BCUT2D eigenvalue weighted by Crippen LogP contribution is 2.37. The molecule has 182 valence electrons. The van der Waals surface area contributed by atoms with Crippen molar-refractivity contribution >= 4 is 23.1 Å². The summed E-state index contributed by atoms with van der Waals surface area (Å²) in [6.07, 6.45) is 0.616. The lowest BCUT2D eigenvalue weighted by Crippen LogP contribution is -2.13. The second-order valence-corrected chi connectivity index (χ2v) is 7.57. The van der Waals surface area contributed by atoms with Crippen molar-refractivity contribution in [1.29, 1.82) is 0 Å². The molecule has 0 aliphatic carbocycles. The summed E-state index contributed by atoms with van der Waals surface area (Å²) in [5.74, 6) is 0.809. The van der Waals surface area contributed by atoms with Crippen molar-refractivity contribution < 1.29 is 22.6 Å². The maximum atomic E-state index is 13.6. The van der Waals surface area contributed by atoms with Gasteiger partial charge >= 0.3 is 6.18 Å². The van der Waals surface area contributed by atoms with Gasteiger partial charge in [0.2, 0.25) is 5.95 Å². The van der Waals surface area contributed by atoms with E-state index < -0.39 is 11.7 Å². The summed E-state index contributed by atoms with van der Waals surface area (Å²) >= 11 is 0. The Bertz CT molecular complexity index is 1040. The number of ether oxygens (including phenoxy) is 2. The average Bonchev–Trinajstić information content (AvgIpc) is 2.81. The van der Waals surface area contributed by atoms with Gasteiger partial charge in [0.1, 0.15) is 22.9 Å². The highest BCUT2D eigenvalue weighted by atomic mass is 19.4. The molecule has 0 amide bonds. The molecule has 0 saturated carbocycles. The third-order valence-electron chi connectivity index (χ3n) is 4.91. The highest BCUT2D eigenvalue weighted by molar-refractivity contribution is 5.67. The summed E-state index contributed by atoms with van der Waals surface area (Å²) in [5, 5.41) is 5.69. The van der Waals surface area contributed by atoms with Crippen LogP contribution in [-0.4, -0.2) is 23.2 Å². The number of aromatic nitrogens is 2. The zero-order valence-corrected chi connectivity index (χ0v) is 19.3. The van der Waals surface area contributed by atoms with Crippen molar-refractivity contribution in [2.45, 2.75) is 45.7 Å². The van der Waals surface area contributed by atoms with Gasteiger partial charge in [-0.1, -0.05) is 38.3 Å². The van der Waals surface area contributed by atoms with Crippen molar-refractivity contribution in [2.24, 2.45) is 0 Å². The van der Waals surface area contributed by atoms with Crippen LogP contribution in [-0.2, 0) is 6.18 Å². The van der Waals surface area contributed by atoms with E-state index in [2.05, 4.69) is 27.5 Å². The lowest BCUT2D eigenvalue weighted by Gasteiger charge is -2.17. The predicted octanol–water partition coefficient (Wildman–Crippen LogP) is 7.34. The normalized spacial score (nSPS) is 11.2. The van der Waals surface area contributed by atoms with Crippen molar-refractivity contribution in [3.05, 3.63) is 60.3 Å².